The van der Waals surface area contributed by atoms with Crippen molar-refractivity contribution in [2.45, 2.75) is 20.3 Å². The number of benzene rings is 2. The fraction of sp³-hybridized carbons (Fsp3) is 0.235. The molecule has 22 heavy (non-hydrogen) atoms. The third-order valence-electron chi connectivity index (χ3n) is 3.03. The number of hydrogen-bond donors (Lipinski definition) is 0. The van der Waals surface area contributed by atoms with E-state index in [-0.39, 0.29) is 34.4 Å². The van der Waals surface area contributed by atoms with Gasteiger partial charge < -0.3 is 6.16 Å². The summed E-state index contributed by atoms with van der Waals surface area (Å²) in [5.74, 6) is 0.840. The number of ether oxygens (including phenoxy) is 1. The Kier molecular flexibility index (Phi) is 8.22. The summed E-state index contributed by atoms with van der Waals surface area (Å²) in [4.78, 5) is 12.4. The average Bonchev–Trinajstić information content (AvgIpc) is 2.46. The molecule has 0 heterocycles. The van der Waals surface area contributed by atoms with Crippen LogP contribution in [-0.4, -0.2) is 12.1 Å². The van der Waals surface area contributed by atoms with Crippen molar-refractivity contribution >= 4 is 31.0 Å². The summed E-state index contributed by atoms with van der Waals surface area (Å²) in [7, 11) is 0.0683. The molecule has 1 unspecified atom stereocenters. The molecule has 5 heteroatoms. The Bertz CT molecular complexity index is 615. The zero-order valence-electron chi connectivity index (χ0n) is 14.2. The Morgan fingerprint density at radius 1 is 1.23 bits per heavy atom. The number of aryl methyl sites for hydroxylation is 1. The third-order valence-corrected chi connectivity index (χ3v) is 4.45. The summed E-state index contributed by atoms with van der Waals surface area (Å²) >= 11 is 6.14. The number of carbonyl (C=O) groups is 1. The second-order valence-electron chi connectivity index (χ2n) is 4.76. The van der Waals surface area contributed by atoms with Gasteiger partial charge in [0.05, 0.1) is 11.6 Å². The molecule has 0 bridgehead atoms. The summed E-state index contributed by atoms with van der Waals surface area (Å²) in [5.41, 5.74) is 1.62. The molecule has 0 aromatic heterocycles. The molecule has 0 aliphatic rings. The molecule has 0 fully saturated rings. The monoisotopic (exact) mass is 328 g/mol. The van der Waals surface area contributed by atoms with E-state index in [1.807, 2.05) is 43.3 Å². The quantitative estimate of drug-likeness (QED) is 0.596. The van der Waals surface area contributed by atoms with E-state index in [0.29, 0.717) is 17.2 Å². The predicted octanol–water partition coefficient (Wildman–Crippen LogP) is 1.70. The molecule has 0 radical (unpaired) electrons. The van der Waals surface area contributed by atoms with Gasteiger partial charge >= 0.3 is 18.9 Å². The fourth-order valence-corrected chi connectivity index (χ4v) is 3.41. The molecule has 2 rings (SSSR count). The van der Waals surface area contributed by atoms with Gasteiger partial charge in [0.2, 0.25) is 0 Å². The minimum absolute atomic E-state index is 0. The van der Waals surface area contributed by atoms with Gasteiger partial charge in [-0.05, 0) is 51.0 Å². The van der Waals surface area contributed by atoms with Gasteiger partial charge in [0.25, 0.3) is 0 Å². The minimum Gasteiger partial charge on any atom is -1.00 e. The molecule has 112 valence electrons. The van der Waals surface area contributed by atoms with Crippen LogP contribution in [0.3, 0.4) is 0 Å². The first-order valence-corrected chi connectivity index (χ1v) is 8.29. The Labute approximate surface area is 152 Å². The van der Waals surface area contributed by atoms with Gasteiger partial charge in [-0.2, -0.15) is 0 Å². The van der Waals surface area contributed by atoms with Gasteiger partial charge in [0.15, 0.2) is 5.52 Å². The van der Waals surface area contributed by atoms with E-state index in [1.165, 1.54) is 0 Å². The topological polar surface area (TPSA) is 26.3 Å². The van der Waals surface area contributed by atoms with Crippen molar-refractivity contribution in [3.8, 4) is 5.75 Å². The van der Waals surface area contributed by atoms with Crippen molar-refractivity contribution in [3.63, 3.8) is 0 Å². The van der Waals surface area contributed by atoms with Crippen LogP contribution in [0.2, 0.25) is 5.02 Å². The normalized spacial score (nSPS) is 10.5. The number of carbonyl (C=O) groups excluding carboxylic acids is 1. The maximum absolute atomic E-state index is 12.4. The number of halogens is 1. The molecule has 0 saturated heterocycles. The van der Waals surface area contributed by atoms with E-state index < -0.39 is 0 Å². The number of hydrogen-bond acceptors (Lipinski definition) is 2. The predicted molar refractivity (Wildman–Crippen MR) is 91.8 cm³/mol. The van der Waals surface area contributed by atoms with Gasteiger partial charge in [-0.3, -0.25) is 4.79 Å². The molecule has 0 spiro atoms. The van der Waals surface area contributed by atoms with Crippen LogP contribution in [-0.2, 0) is 0 Å². The van der Waals surface area contributed by atoms with E-state index in [4.69, 9.17) is 16.3 Å². The second-order valence-corrected chi connectivity index (χ2v) is 6.45. The van der Waals surface area contributed by atoms with E-state index in [2.05, 4.69) is 6.92 Å². The standard InChI is InChI=1S/C17H18ClO2P.Li.H/c1-3-11-20-13-7-9-14(10-8-13)21-17(19)16-12(2)5-4-6-15(16)18;;/h4-10,21H,3,11H2,1-2H3;;/q;+1;-1. The first-order valence-electron chi connectivity index (χ1n) is 6.91. The van der Waals surface area contributed by atoms with Crippen molar-refractivity contribution in [3.05, 3.63) is 58.6 Å². The Hall–Kier alpha value is -0.773. The minimum atomic E-state index is 0. The zero-order valence-corrected chi connectivity index (χ0v) is 14.9. The smallest absolute Gasteiger partial charge is 1.00 e. The molecular weight excluding hydrogens is 310 g/mol. The van der Waals surface area contributed by atoms with Gasteiger partial charge in [0.1, 0.15) is 5.75 Å². The molecule has 2 nitrogen and oxygen atoms in total. The molecular formula is C17H19ClLiO2P. The zero-order chi connectivity index (χ0) is 15.2. The third kappa shape index (κ3) is 5.15. The SMILES string of the molecule is CCCOc1ccc(PC(=O)c2c(C)cccc2Cl)cc1.[H-].[Li+]. The van der Waals surface area contributed by atoms with Crippen molar-refractivity contribution in [1.29, 1.82) is 0 Å². The molecule has 0 saturated carbocycles. The van der Waals surface area contributed by atoms with Gasteiger partial charge in [-0.1, -0.05) is 42.8 Å². The number of rotatable bonds is 6. The van der Waals surface area contributed by atoms with E-state index in [0.717, 1.165) is 23.0 Å². The maximum Gasteiger partial charge on any atom is 1.00 e. The van der Waals surface area contributed by atoms with Crippen LogP contribution in [0.1, 0.15) is 30.7 Å². The van der Waals surface area contributed by atoms with Crippen LogP contribution in [0.5, 0.6) is 5.75 Å². The molecule has 2 aromatic rings. The van der Waals surface area contributed by atoms with Gasteiger partial charge in [-0.15, -0.1) is 0 Å². The maximum atomic E-state index is 12.4. The van der Waals surface area contributed by atoms with Crippen molar-refractivity contribution in [2.24, 2.45) is 0 Å². The Morgan fingerprint density at radius 2 is 1.91 bits per heavy atom. The summed E-state index contributed by atoms with van der Waals surface area (Å²) < 4.78 is 5.54. The van der Waals surface area contributed by atoms with Gasteiger partial charge in [0, 0.05) is 5.56 Å². The molecule has 0 aliphatic carbocycles. The van der Waals surface area contributed by atoms with Crippen LogP contribution in [0.4, 0.5) is 0 Å². The fourth-order valence-electron chi connectivity index (χ4n) is 1.97. The summed E-state index contributed by atoms with van der Waals surface area (Å²) in [5, 5.41) is 1.51. The van der Waals surface area contributed by atoms with E-state index in [9.17, 15) is 4.79 Å². The van der Waals surface area contributed by atoms with Crippen molar-refractivity contribution in [2.75, 3.05) is 6.61 Å². The van der Waals surface area contributed by atoms with Crippen molar-refractivity contribution < 1.29 is 29.8 Å². The molecule has 0 N–H and O–H groups in total. The van der Waals surface area contributed by atoms with Crippen LogP contribution < -0.4 is 28.9 Å². The van der Waals surface area contributed by atoms with E-state index in [1.54, 1.807) is 6.07 Å². The summed E-state index contributed by atoms with van der Waals surface area (Å²) in [6, 6.07) is 13.2. The van der Waals surface area contributed by atoms with E-state index >= 15 is 0 Å². The average molecular weight is 329 g/mol. The Balaban J connectivity index is 0.00000242. The van der Waals surface area contributed by atoms with Crippen LogP contribution in [0.25, 0.3) is 0 Å². The molecule has 1 atom stereocenters. The van der Waals surface area contributed by atoms with Crippen molar-refractivity contribution in [1.82, 2.24) is 0 Å². The summed E-state index contributed by atoms with van der Waals surface area (Å²) in [6.45, 7) is 4.69. The molecule has 0 amide bonds. The largest absolute Gasteiger partial charge is 1.00 e. The first kappa shape index (κ1) is 19.3. The molecule has 0 aliphatic heterocycles. The van der Waals surface area contributed by atoms with Crippen LogP contribution >= 0.6 is 20.2 Å². The first-order chi connectivity index (χ1) is 10.1. The van der Waals surface area contributed by atoms with Crippen LogP contribution in [0.15, 0.2) is 42.5 Å². The molecule has 2 aromatic carbocycles. The van der Waals surface area contributed by atoms with Gasteiger partial charge in [-0.25, -0.2) is 0 Å². The van der Waals surface area contributed by atoms with Crippen LogP contribution in [0, 0.1) is 6.92 Å². The Morgan fingerprint density at radius 3 is 2.50 bits per heavy atom. The summed E-state index contributed by atoms with van der Waals surface area (Å²) in [6.07, 6.45) is 0.980. The second kappa shape index (κ2) is 9.39.